The number of aliphatic hydroxyl groups excluding tert-OH is 2. The van der Waals surface area contributed by atoms with Crippen molar-refractivity contribution in [1.82, 2.24) is 0 Å². The molecular formula is C14H26O5. The lowest BCUT2D eigenvalue weighted by Gasteiger charge is -2.20. The van der Waals surface area contributed by atoms with Crippen molar-refractivity contribution in [2.75, 3.05) is 13.2 Å². The van der Waals surface area contributed by atoms with Gasteiger partial charge in [-0.1, -0.05) is 32.6 Å². The van der Waals surface area contributed by atoms with E-state index in [4.69, 9.17) is 14.2 Å². The molecule has 0 aromatic heterocycles. The fourth-order valence-corrected chi connectivity index (χ4v) is 2.67. The number of hydrogen-bond donors (Lipinski definition) is 2. The minimum absolute atomic E-state index is 0.174. The van der Waals surface area contributed by atoms with Crippen LogP contribution in [0.2, 0.25) is 0 Å². The molecule has 112 valence electrons. The highest BCUT2D eigenvalue weighted by Crippen LogP contribution is 2.26. The average Bonchev–Trinajstić information content (AvgIpc) is 2.98. The molecule has 2 N–H and O–H groups in total. The molecule has 0 radical (unpaired) electrons. The highest BCUT2D eigenvalue weighted by molar-refractivity contribution is 4.90. The number of ether oxygens (including phenoxy) is 3. The first kappa shape index (κ1) is 15.2. The number of rotatable bonds is 7. The molecule has 0 spiro atoms. The van der Waals surface area contributed by atoms with E-state index >= 15 is 0 Å². The Bertz CT molecular complexity index is 260. The Kier molecular flexibility index (Phi) is 6.04. The Morgan fingerprint density at radius 2 is 1.79 bits per heavy atom. The lowest BCUT2D eigenvalue weighted by atomic mass is 10.1. The van der Waals surface area contributed by atoms with Crippen LogP contribution in [0.1, 0.15) is 45.4 Å². The maximum Gasteiger partial charge on any atom is 0.158 e. The van der Waals surface area contributed by atoms with Gasteiger partial charge in [0, 0.05) is 0 Å². The molecule has 5 atom stereocenters. The summed E-state index contributed by atoms with van der Waals surface area (Å²) in [5.74, 6) is 0. The van der Waals surface area contributed by atoms with Gasteiger partial charge in [0.25, 0.3) is 0 Å². The fraction of sp³-hybridized carbons (Fsp3) is 1.00. The maximum atomic E-state index is 9.77. The predicted molar refractivity (Wildman–Crippen MR) is 69.7 cm³/mol. The van der Waals surface area contributed by atoms with Crippen LogP contribution < -0.4 is 0 Å². The van der Waals surface area contributed by atoms with Crippen molar-refractivity contribution in [2.24, 2.45) is 0 Å². The highest BCUT2D eigenvalue weighted by atomic mass is 16.7. The molecule has 5 heteroatoms. The first-order chi connectivity index (χ1) is 9.22. The largest absolute Gasteiger partial charge is 0.388 e. The first-order valence-electron chi connectivity index (χ1n) is 7.47. The normalized spacial score (nSPS) is 39.0. The lowest BCUT2D eigenvalue weighted by Crippen LogP contribution is -2.39. The number of unbranched alkanes of at least 4 members (excludes halogenated alkanes) is 4. The van der Waals surface area contributed by atoms with E-state index in [0.717, 1.165) is 12.8 Å². The second-order valence-electron chi connectivity index (χ2n) is 5.50. The quantitative estimate of drug-likeness (QED) is 0.683. The van der Waals surface area contributed by atoms with E-state index in [1.54, 1.807) is 0 Å². The third-order valence-electron chi connectivity index (χ3n) is 3.87. The van der Waals surface area contributed by atoms with E-state index in [1.165, 1.54) is 25.7 Å². The van der Waals surface area contributed by atoms with Crippen molar-refractivity contribution >= 4 is 0 Å². The van der Waals surface area contributed by atoms with Gasteiger partial charge in [-0.25, -0.2) is 0 Å². The summed E-state index contributed by atoms with van der Waals surface area (Å²) in [6.45, 7) is 2.82. The number of aliphatic hydroxyl groups is 2. The summed E-state index contributed by atoms with van der Waals surface area (Å²) in [5.41, 5.74) is 0. The molecule has 19 heavy (non-hydrogen) atoms. The topological polar surface area (TPSA) is 68.2 Å². The molecule has 0 aliphatic carbocycles. The third kappa shape index (κ3) is 4.13. The van der Waals surface area contributed by atoms with Crippen molar-refractivity contribution in [2.45, 2.75) is 76.2 Å². The molecule has 0 aromatic rings. The molecule has 2 aliphatic rings. The van der Waals surface area contributed by atoms with Crippen LogP contribution in [0.3, 0.4) is 0 Å². The van der Waals surface area contributed by atoms with Crippen molar-refractivity contribution in [3.05, 3.63) is 0 Å². The smallest absolute Gasteiger partial charge is 0.158 e. The van der Waals surface area contributed by atoms with Crippen LogP contribution in [0.15, 0.2) is 0 Å². The van der Waals surface area contributed by atoms with Crippen LogP contribution in [0, 0.1) is 0 Å². The van der Waals surface area contributed by atoms with Crippen LogP contribution in [0.25, 0.3) is 0 Å². The minimum atomic E-state index is -0.864. The summed E-state index contributed by atoms with van der Waals surface area (Å²) in [6.07, 6.45) is 4.45. The van der Waals surface area contributed by atoms with Crippen LogP contribution in [-0.2, 0) is 14.2 Å². The average molecular weight is 274 g/mol. The molecule has 3 unspecified atom stereocenters. The molecule has 2 fully saturated rings. The van der Waals surface area contributed by atoms with Crippen molar-refractivity contribution in [3.63, 3.8) is 0 Å². The summed E-state index contributed by atoms with van der Waals surface area (Å²) in [6, 6.07) is 0. The van der Waals surface area contributed by atoms with Crippen LogP contribution in [0.5, 0.6) is 0 Å². The van der Waals surface area contributed by atoms with Gasteiger partial charge >= 0.3 is 0 Å². The van der Waals surface area contributed by atoms with Crippen molar-refractivity contribution < 1.29 is 24.4 Å². The molecule has 2 rings (SSSR count). The van der Waals surface area contributed by atoms with Gasteiger partial charge < -0.3 is 24.4 Å². The summed E-state index contributed by atoms with van der Waals surface area (Å²) in [5, 5.41) is 19.2. The summed E-state index contributed by atoms with van der Waals surface area (Å²) < 4.78 is 16.7. The van der Waals surface area contributed by atoms with Gasteiger partial charge in [0.1, 0.15) is 24.4 Å². The van der Waals surface area contributed by atoms with Gasteiger partial charge in [-0.3, -0.25) is 0 Å². The van der Waals surface area contributed by atoms with Crippen LogP contribution in [-0.4, -0.2) is 54.1 Å². The van der Waals surface area contributed by atoms with Crippen LogP contribution in [0.4, 0.5) is 0 Å². The Morgan fingerprint density at radius 3 is 2.47 bits per heavy atom. The summed E-state index contributed by atoms with van der Waals surface area (Å²) in [4.78, 5) is 0. The van der Waals surface area contributed by atoms with E-state index in [-0.39, 0.29) is 19.0 Å². The van der Waals surface area contributed by atoms with E-state index in [9.17, 15) is 10.2 Å². The van der Waals surface area contributed by atoms with Gasteiger partial charge in [-0.05, 0) is 12.8 Å². The zero-order chi connectivity index (χ0) is 13.7. The molecule has 2 saturated heterocycles. The third-order valence-corrected chi connectivity index (χ3v) is 3.87. The summed E-state index contributed by atoms with van der Waals surface area (Å²) >= 11 is 0. The standard InChI is InChI=1S/C14H26O5/c1-2-3-4-5-6-7-12-17-9-11(19-12)14-13(16)10(15)8-18-14/h10-16H,2-9H2,1H3/t10?,11?,12?,13-,14-/m1/s1. The zero-order valence-corrected chi connectivity index (χ0v) is 11.7. The zero-order valence-electron chi connectivity index (χ0n) is 11.7. The molecule has 5 nitrogen and oxygen atoms in total. The van der Waals surface area contributed by atoms with Gasteiger partial charge in [0.15, 0.2) is 6.29 Å². The fourth-order valence-electron chi connectivity index (χ4n) is 2.67. The Balaban J connectivity index is 1.63. The van der Waals surface area contributed by atoms with Crippen LogP contribution >= 0.6 is 0 Å². The first-order valence-corrected chi connectivity index (χ1v) is 7.47. The second kappa shape index (κ2) is 7.55. The Hall–Kier alpha value is -0.200. The van der Waals surface area contributed by atoms with Gasteiger partial charge in [0.2, 0.25) is 0 Å². The highest BCUT2D eigenvalue weighted by Gasteiger charge is 2.43. The minimum Gasteiger partial charge on any atom is -0.388 e. The number of hydrogen-bond acceptors (Lipinski definition) is 5. The Morgan fingerprint density at radius 1 is 1.00 bits per heavy atom. The molecule has 0 amide bonds. The monoisotopic (exact) mass is 274 g/mol. The molecule has 0 saturated carbocycles. The van der Waals surface area contributed by atoms with Gasteiger partial charge in [-0.2, -0.15) is 0 Å². The second-order valence-corrected chi connectivity index (χ2v) is 5.50. The van der Waals surface area contributed by atoms with E-state index in [1.807, 2.05) is 0 Å². The predicted octanol–water partition coefficient (Wildman–Crippen LogP) is 1.21. The van der Waals surface area contributed by atoms with E-state index in [2.05, 4.69) is 6.92 Å². The van der Waals surface area contributed by atoms with E-state index < -0.39 is 18.3 Å². The maximum absolute atomic E-state index is 9.77. The summed E-state index contributed by atoms with van der Waals surface area (Å²) in [7, 11) is 0. The van der Waals surface area contributed by atoms with Gasteiger partial charge in [-0.15, -0.1) is 0 Å². The molecule has 0 aromatic carbocycles. The van der Waals surface area contributed by atoms with E-state index in [0.29, 0.717) is 6.61 Å². The molecule has 2 aliphatic heterocycles. The SMILES string of the molecule is CCCCCCCC1OCC([C@H]2OCC(O)[C@H]2O)O1. The van der Waals surface area contributed by atoms with Crippen molar-refractivity contribution in [1.29, 1.82) is 0 Å². The molecule has 2 heterocycles. The molecular weight excluding hydrogens is 248 g/mol. The lowest BCUT2D eigenvalue weighted by molar-refractivity contribution is -0.103. The van der Waals surface area contributed by atoms with Gasteiger partial charge in [0.05, 0.1) is 13.2 Å². The Labute approximate surface area is 114 Å². The van der Waals surface area contributed by atoms with Crippen molar-refractivity contribution in [3.8, 4) is 0 Å². The molecule has 0 bridgehead atoms.